The number of carbonyl (C=O) groups is 1. The molecule has 0 bridgehead atoms. The summed E-state index contributed by atoms with van der Waals surface area (Å²) >= 11 is 1.67. The van der Waals surface area contributed by atoms with Crippen LogP contribution in [0.25, 0.3) is 0 Å². The molecule has 1 fully saturated rings. The third-order valence-corrected chi connectivity index (χ3v) is 4.50. The molecule has 0 aliphatic carbocycles. The SMILES string of the molecule is CC(C)NC(=O)CC(CN)N1CCN(c2nccs2)CC1. The van der Waals surface area contributed by atoms with Crippen molar-refractivity contribution in [3.8, 4) is 0 Å². The van der Waals surface area contributed by atoms with E-state index < -0.39 is 0 Å². The molecule has 2 rings (SSSR count). The second-order valence-corrected chi connectivity index (χ2v) is 6.53. The average molecular weight is 311 g/mol. The number of aromatic nitrogens is 1. The smallest absolute Gasteiger partial charge is 0.221 e. The zero-order valence-corrected chi connectivity index (χ0v) is 13.6. The van der Waals surface area contributed by atoms with Crippen molar-refractivity contribution in [1.82, 2.24) is 15.2 Å². The summed E-state index contributed by atoms with van der Waals surface area (Å²) in [5.41, 5.74) is 5.87. The first-order chi connectivity index (χ1) is 10.1. The molecule has 0 spiro atoms. The topological polar surface area (TPSA) is 74.5 Å². The van der Waals surface area contributed by atoms with Gasteiger partial charge in [0.2, 0.25) is 5.91 Å². The van der Waals surface area contributed by atoms with Gasteiger partial charge < -0.3 is 16.0 Å². The molecule has 1 saturated heterocycles. The summed E-state index contributed by atoms with van der Waals surface area (Å²) in [5.74, 6) is 0.0859. The number of rotatable bonds is 6. The Morgan fingerprint density at radius 1 is 1.43 bits per heavy atom. The number of nitrogens with one attached hydrogen (secondary N) is 1. The first kappa shape index (κ1) is 16.2. The maximum absolute atomic E-state index is 11.9. The van der Waals surface area contributed by atoms with Crippen molar-refractivity contribution in [2.45, 2.75) is 32.4 Å². The monoisotopic (exact) mass is 311 g/mol. The Hall–Kier alpha value is -1.18. The van der Waals surface area contributed by atoms with Gasteiger partial charge in [0.1, 0.15) is 0 Å². The van der Waals surface area contributed by atoms with Gasteiger partial charge in [0.15, 0.2) is 5.13 Å². The number of amides is 1. The van der Waals surface area contributed by atoms with E-state index in [4.69, 9.17) is 5.73 Å². The molecular weight excluding hydrogens is 286 g/mol. The Morgan fingerprint density at radius 2 is 2.14 bits per heavy atom. The number of hydrogen-bond acceptors (Lipinski definition) is 6. The molecule has 1 aliphatic heterocycles. The van der Waals surface area contributed by atoms with Gasteiger partial charge in [-0.2, -0.15) is 0 Å². The Kier molecular flexibility index (Phi) is 5.96. The van der Waals surface area contributed by atoms with Gasteiger partial charge in [0, 0.05) is 62.8 Å². The molecule has 1 aliphatic rings. The van der Waals surface area contributed by atoms with Gasteiger partial charge in [-0.15, -0.1) is 11.3 Å². The quantitative estimate of drug-likeness (QED) is 0.800. The standard InChI is InChI=1S/C14H25N5OS/c1-11(2)17-13(20)9-12(10-15)18-4-6-19(7-5-18)14-16-3-8-21-14/h3,8,11-12H,4-7,9-10,15H2,1-2H3,(H,17,20). The van der Waals surface area contributed by atoms with Crippen molar-refractivity contribution in [3.63, 3.8) is 0 Å². The van der Waals surface area contributed by atoms with Crippen molar-refractivity contribution in [2.24, 2.45) is 5.73 Å². The highest BCUT2D eigenvalue weighted by Crippen LogP contribution is 2.19. The van der Waals surface area contributed by atoms with Crippen LogP contribution in [0, 0.1) is 0 Å². The number of thiazole rings is 1. The molecule has 7 heteroatoms. The molecule has 1 aromatic heterocycles. The highest BCUT2D eigenvalue weighted by Gasteiger charge is 2.25. The van der Waals surface area contributed by atoms with Crippen molar-refractivity contribution >= 4 is 22.4 Å². The van der Waals surface area contributed by atoms with Crippen molar-refractivity contribution < 1.29 is 4.79 Å². The summed E-state index contributed by atoms with van der Waals surface area (Å²) in [4.78, 5) is 20.9. The molecule has 1 atom stereocenters. The van der Waals surface area contributed by atoms with Crippen molar-refractivity contribution in [3.05, 3.63) is 11.6 Å². The third-order valence-electron chi connectivity index (χ3n) is 3.66. The van der Waals surface area contributed by atoms with Crippen LogP contribution in [0.2, 0.25) is 0 Å². The Morgan fingerprint density at radius 3 is 2.67 bits per heavy atom. The Labute approximate surface area is 130 Å². The number of hydrogen-bond donors (Lipinski definition) is 2. The van der Waals surface area contributed by atoms with E-state index in [0.717, 1.165) is 31.3 Å². The summed E-state index contributed by atoms with van der Waals surface area (Å²) in [6.45, 7) is 8.20. The lowest BCUT2D eigenvalue weighted by Crippen LogP contribution is -2.53. The fourth-order valence-corrected chi connectivity index (χ4v) is 3.30. The van der Waals surface area contributed by atoms with E-state index >= 15 is 0 Å². The summed E-state index contributed by atoms with van der Waals surface area (Å²) in [6.07, 6.45) is 2.32. The van der Waals surface area contributed by atoms with E-state index in [1.165, 1.54) is 0 Å². The summed E-state index contributed by atoms with van der Waals surface area (Å²) in [7, 11) is 0. The maximum Gasteiger partial charge on any atom is 0.221 e. The number of carbonyl (C=O) groups excluding carboxylic acids is 1. The molecule has 3 N–H and O–H groups in total. The van der Waals surface area contributed by atoms with Crippen LogP contribution in [0.3, 0.4) is 0 Å². The van der Waals surface area contributed by atoms with E-state index in [-0.39, 0.29) is 18.0 Å². The maximum atomic E-state index is 11.9. The minimum Gasteiger partial charge on any atom is -0.354 e. The number of nitrogens with two attached hydrogens (primary N) is 1. The fourth-order valence-electron chi connectivity index (χ4n) is 2.61. The third kappa shape index (κ3) is 4.66. The van der Waals surface area contributed by atoms with E-state index in [1.54, 1.807) is 11.3 Å². The molecule has 1 unspecified atom stereocenters. The van der Waals surface area contributed by atoms with Crippen LogP contribution in [0.5, 0.6) is 0 Å². The molecule has 0 radical (unpaired) electrons. The first-order valence-corrected chi connectivity index (χ1v) is 8.36. The molecule has 6 nitrogen and oxygen atoms in total. The van der Waals surface area contributed by atoms with Gasteiger partial charge in [-0.3, -0.25) is 9.69 Å². The van der Waals surface area contributed by atoms with Crippen LogP contribution in [0.4, 0.5) is 5.13 Å². The summed E-state index contributed by atoms with van der Waals surface area (Å²) in [5, 5.41) is 6.02. The van der Waals surface area contributed by atoms with E-state index in [1.807, 2.05) is 25.4 Å². The molecule has 1 amide bonds. The molecule has 21 heavy (non-hydrogen) atoms. The van der Waals surface area contributed by atoms with E-state index in [0.29, 0.717) is 13.0 Å². The lowest BCUT2D eigenvalue weighted by Gasteiger charge is -2.38. The van der Waals surface area contributed by atoms with Crippen molar-refractivity contribution in [2.75, 3.05) is 37.6 Å². The molecule has 2 heterocycles. The minimum absolute atomic E-state index is 0.0859. The van der Waals surface area contributed by atoms with Gasteiger partial charge >= 0.3 is 0 Å². The van der Waals surface area contributed by atoms with Crippen LogP contribution in [0.1, 0.15) is 20.3 Å². The van der Waals surface area contributed by atoms with Gasteiger partial charge in [-0.05, 0) is 13.8 Å². The van der Waals surface area contributed by atoms with Crippen LogP contribution in [0.15, 0.2) is 11.6 Å². The highest BCUT2D eigenvalue weighted by molar-refractivity contribution is 7.13. The molecule has 118 valence electrons. The largest absolute Gasteiger partial charge is 0.354 e. The van der Waals surface area contributed by atoms with Crippen LogP contribution < -0.4 is 16.0 Å². The number of anilines is 1. The minimum atomic E-state index is 0.0859. The first-order valence-electron chi connectivity index (χ1n) is 7.48. The normalized spacial score (nSPS) is 18.0. The lowest BCUT2D eigenvalue weighted by atomic mass is 10.1. The van der Waals surface area contributed by atoms with E-state index in [2.05, 4.69) is 20.1 Å². The van der Waals surface area contributed by atoms with Crippen LogP contribution in [-0.2, 0) is 4.79 Å². The van der Waals surface area contributed by atoms with E-state index in [9.17, 15) is 4.79 Å². The molecule has 1 aromatic rings. The second kappa shape index (κ2) is 7.72. The molecular formula is C14H25N5OS. The second-order valence-electron chi connectivity index (χ2n) is 5.65. The van der Waals surface area contributed by atoms with Crippen molar-refractivity contribution in [1.29, 1.82) is 0 Å². The van der Waals surface area contributed by atoms with Crippen LogP contribution >= 0.6 is 11.3 Å². The lowest BCUT2D eigenvalue weighted by molar-refractivity contribution is -0.122. The van der Waals surface area contributed by atoms with Crippen LogP contribution in [-0.4, -0.2) is 60.6 Å². The van der Waals surface area contributed by atoms with Gasteiger partial charge in [0.25, 0.3) is 0 Å². The van der Waals surface area contributed by atoms with Gasteiger partial charge in [-0.25, -0.2) is 4.98 Å². The predicted molar refractivity (Wildman–Crippen MR) is 86.6 cm³/mol. The average Bonchev–Trinajstić information content (AvgIpc) is 2.98. The van der Waals surface area contributed by atoms with Gasteiger partial charge in [-0.1, -0.05) is 0 Å². The Bertz CT molecular complexity index is 429. The number of piperazine rings is 1. The Balaban J connectivity index is 1.83. The fraction of sp³-hybridized carbons (Fsp3) is 0.714. The number of nitrogens with zero attached hydrogens (tertiary/aromatic N) is 3. The predicted octanol–water partition coefficient (Wildman–Crippen LogP) is 0.507. The zero-order chi connectivity index (χ0) is 15.2. The van der Waals surface area contributed by atoms with Gasteiger partial charge in [0.05, 0.1) is 0 Å². The molecule has 0 aromatic carbocycles. The molecule has 0 saturated carbocycles. The summed E-state index contributed by atoms with van der Waals surface area (Å²) < 4.78 is 0. The highest BCUT2D eigenvalue weighted by atomic mass is 32.1. The zero-order valence-electron chi connectivity index (χ0n) is 12.8. The summed E-state index contributed by atoms with van der Waals surface area (Å²) in [6, 6.07) is 0.305.